The summed E-state index contributed by atoms with van der Waals surface area (Å²) in [5, 5.41) is 3.32. The molecule has 0 unspecified atom stereocenters. The van der Waals surface area contributed by atoms with Crippen LogP contribution in [0.2, 0.25) is 0 Å². The second-order valence-corrected chi connectivity index (χ2v) is 5.26. The molecule has 0 aliphatic rings. The van der Waals surface area contributed by atoms with E-state index in [4.69, 9.17) is 10.2 Å². The van der Waals surface area contributed by atoms with Gasteiger partial charge in [0.1, 0.15) is 0 Å². The van der Waals surface area contributed by atoms with Crippen LogP contribution in [0.4, 0.5) is 0 Å². The summed E-state index contributed by atoms with van der Waals surface area (Å²) in [5.74, 6) is -0.417. The molecule has 18 heavy (non-hydrogen) atoms. The number of hydrogen-bond donors (Lipinski definition) is 3. The lowest BCUT2D eigenvalue weighted by molar-refractivity contribution is 0.455. The number of H-pyrrole nitrogens is 1. The molecule has 2 aromatic rings. The van der Waals surface area contributed by atoms with Crippen LogP contribution in [0.5, 0.6) is 0 Å². The van der Waals surface area contributed by atoms with Gasteiger partial charge in [0.05, 0.1) is 5.52 Å². The molecule has 0 aliphatic carbocycles. The van der Waals surface area contributed by atoms with E-state index < -0.39 is 5.76 Å². The first-order valence-corrected chi connectivity index (χ1v) is 6.05. The molecule has 5 nitrogen and oxygen atoms in total. The Labute approximate surface area is 105 Å². The molecule has 0 amide bonds. The second-order valence-electron chi connectivity index (χ2n) is 5.26. The summed E-state index contributed by atoms with van der Waals surface area (Å²) < 4.78 is 5.01. The van der Waals surface area contributed by atoms with Crippen molar-refractivity contribution < 1.29 is 4.42 Å². The fourth-order valence-electron chi connectivity index (χ4n) is 1.74. The van der Waals surface area contributed by atoms with Gasteiger partial charge in [0.15, 0.2) is 5.58 Å². The lowest BCUT2D eigenvalue weighted by Gasteiger charge is -2.18. The SMILES string of the molecule is CC(C)(N)CCNCc1ccc2[nH]c(=O)oc2c1. The summed E-state index contributed by atoms with van der Waals surface area (Å²) in [6.45, 7) is 5.62. The van der Waals surface area contributed by atoms with Gasteiger partial charge in [0, 0.05) is 12.1 Å². The quantitative estimate of drug-likeness (QED) is 0.698. The highest BCUT2D eigenvalue weighted by atomic mass is 16.4. The molecule has 0 spiro atoms. The topological polar surface area (TPSA) is 84.0 Å². The van der Waals surface area contributed by atoms with E-state index >= 15 is 0 Å². The number of nitrogens with two attached hydrogens (primary N) is 1. The van der Waals surface area contributed by atoms with Gasteiger partial charge in [0.2, 0.25) is 0 Å². The zero-order valence-corrected chi connectivity index (χ0v) is 10.7. The Kier molecular flexibility index (Phi) is 3.54. The predicted molar refractivity (Wildman–Crippen MR) is 71.4 cm³/mol. The highest BCUT2D eigenvalue weighted by Crippen LogP contribution is 2.12. The van der Waals surface area contributed by atoms with Gasteiger partial charge in [-0.25, -0.2) is 4.79 Å². The molecule has 2 rings (SSSR count). The van der Waals surface area contributed by atoms with E-state index in [1.165, 1.54) is 0 Å². The van der Waals surface area contributed by atoms with Crippen molar-refractivity contribution in [2.75, 3.05) is 6.54 Å². The first-order valence-electron chi connectivity index (χ1n) is 6.05. The molecule has 0 atom stereocenters. The molecule has 0 bridgehead atoms. The summed E-state index contributed by atoms with van der Waals surface area (Å²) >= 11 is 0. The summed E-state index contributed by atoms with van der Waals surface area (Å²) in [4.78, 5) is 13.6. The molecular formula is C13H19N3O2. The van der Waals surface area contributed by atoms with Gasteiger partial charge in [-0.1, -0.05) is 6.07 Å². The monoisotopic (exact) mass is 249 g/mol. The van der Waals surface area contributed by atoms with Gasteiger partial charge in [-0.3, -0.25) is 4.98 Å². The van der Waals surface area contributed by atoms with Crippen molar-refractivity contribution >= 4 is 11.1 Å². The van der Waals surface area contributed by atoms with E-state index in [0.717, 1.165) is 30.6 Å². The molecule has 0 aliphatic heterocycles. The number of rotatable bonds is 5. The first-order chi connectivity index (χ1) is 8.44. The summed E-state index contributed by atoms with van der Waals surface area (Å²) in [6.07, 6.45) is 0.911. The van der Waals surface area contributed by atoms with Crippen LogP contribution in [-0.4, -0.2) is 17.1 Å². The van der Waals surface area contributed by atoms with Crippen molar-refractivity contribution in [2.24, 2.45) is 5.73 Å². The predicted octanol–water partition coefficient (Wildman–Crippen LogP) is 1.34. The number of hydrogen-bond acceptors (Lipinski definition) is 4. The summed E-state index contributed by atoms with van der Waals surface area (Å²) in [7, 11) is 0. The van der Waals surface area contributed by atoms with Crippen LogP contribution >= 0.6 is 0 Å². The van der Waals surface area contributed by atoms with Crippen LogP contribution in [0.25, 0.3) is 11.1 Å². The van der Waals surface area contributed by atoms with Gasteiger partial charge < -0.3 is 15.5 Å². The second kappa shape index (κ2) is 4.96. The molecule has 0 radical (unpaired) electrons. The Morgan fingerprint density at radius 2 is 2.22 bits per heavy atom. The minimum atomic E-state index is -0.417. The van der Waals surface area contributed by atoms with Gasteiger partial charge in [-0.15, -0.1) is 0 Å². The Hall–Kier alpha value is -1.59. The van der Waals surface area contributed by atoms with Gasteiger partial charge in [-0.05, 0) is 44.5 Å². The molecule has 0 saturated carbocycles. The molecule has 98 valence electrons. The zero-order chi connectivity index (χ0) is 13.2. The molecule has 0 saturated heterocycles. The van der Waals surface area contributed by atoms with Crippen LogP contribution in [-0.2, 0) is 6.54 Å². The maximum absolute atomic E-state index is 11.0. The third-order valence-electron chi connectivity index (χ3n) is 2.76. The van der Waals surface area contributed by atoms with Crippen molar-refractivity contribution in [1.82, 2.24) is 10.3 Å². The molecule has 1 aromatic carbocycles. The highest BCUT2D eigenvalue weighted by molar-refractivity contribution is 5.72. The lowest BCUT2D eigenvalue weighted by Crippen LogP contribution is -2.35. The minimum Gasteiger partial charge on any atom is -0.408 e. The fraction of sp³-hybridized carbons (Fsp3) is 0.462. The Morgan fingerprint density at radius 1 is 1.44 bits per heavy atom. The number of oxazole rings is 1. The van der Waals surface area contributed by atoms with Crippen molar-refractivity contribution in [3.63, 3.8) is 0 Å². The Balaban J connectivity index is 1.93. The number of nitrogens with one attached hydrogen (secondary N) is 2. The van der Waals surface area contributed by atoms with E-state index in [-0.39, 0.29) is 5.54 Å². The van der Waals surface area contributed by atoms with Gasteiger partial charge in [-0.2, -0.15) is 0 Å². The van der Waals surface area contributed by atoms with Crippen molar-refractivity contribution in [1.29, 1.82) is 0 Å². The average Bonchev–Trinajstić information content (AvgIpc) is 2.62. The molecule has 4 N–H and O–H groups in total. The average molecular weight is 249 g/mol. The van der Waals surface area contributed by atoms with Crippen molar-refractivity contribution in [3.8, 4) is 0 Å². The lowest BCUT2D eigenvalue weighted by atomic mass is 10.0. The normalized spacial score (nSPS) is 12.2. The molecular weight excluding hydrogens is 230 g/mol. The van der Waals surface area contributed by atoms with E-state index in [9.17, 15) is 4.79 Å². The standard InChI is InChI=1S/C13H19N3O2/c1-13(2,14)5-6-15-8-9-3-4-10-11(7-9)18-12(17)16-10/h3-4,7,15H,5-6,8,14H2,1-2H3,(H,16,17). The molecule has 5 heteroatoms. The van der Waals surface area contributed by atoms with E-state index in [0.29, 0.717) is 5.58 Å². The maximum Gasteiger partial charge on any atom is 0.417 e. The third kappa shape index (κ3) is 3.45. The van der Waals surface area contributed by atoms with E-state index in [1.807, 2.05) is 32.0 Å². The Morgan fingerprint density at radius 3 is 2.94 bits per heavy atom. The zero-order valence-electron chi connectivity index (χ0n) is 10.7. The van der Waals surface area contributed by atoms with Crippen molar-refractivity contribution in [2.45, 2.75) is 32.4 Å². The fourth-order valence-corrected chi connectivity index (χ4v) is 1.74. The largest absolute Gasteiger partial charge is 0.417 e. The smallest absolute Gasteiger partial charge is 0.408 e. The van der Waals surface area contributed by atoms with Crippen LogP contribution in [0.15, 0.2) is 27.4 Å². The van der Waals surface area contributed by atoms with Crippen molar-refractivity contribution in [3.05, 3.63) is 34.3 Å². The number of aromatic nitrogens is 1. The van der Waals surface area contributed by atoms with E-state index in [2.05, 4.69) is 10.3 Å². The highest BCUT2D eigenvalue weighted by Gasteiger charge is 2.09. The van der Waals surface area contributed by atoms with Crippen LogP contribution in [0, 0.1) is 0 Å². The molecule has 1 aromatic heterocycles. The molecule has 1 heterocycles. The van der Waals surface area contributed by atoms with Gasteiger partial charge in [0.25, 0.3) is 0 Å². The summed E-state index contributed by atoms with van der Waals surface area (Å²) in [5.41, 5.74) is 8.16. The first kappa shape index (κ1) is 12.9. The maximum atomic E-state index is 11.0. The number of benzene rings is 1. The van der Waals surface area contributed by atoms with Crippen LogP contribution < -0.4 is 16.8 Å². The van der Waals surface area contributed by atoms with Crippen LogP contribution in [0.1, 0.15) is 25.8 Å². The number of fused-ring (bicyclic) bond motifs is 1. The van der Waals surface area contributed by atoms with E-state index in [1.54, 1.807) is 0 Å². The van der Waals surface area contributed by atoms with Gasteiger partial charge >= 0.3 is 5.76 Å². The molecule has 0 fully saturated rings. The Bertz CT molecular complexity index is 578. The number of aromatic amines is 1. The summed E-state index contributed by atoms with van der Waals surface area (Å²) in [6, 6.07) is 5.69. The van der Waals surface area contributed by atoms with Crippen LogP contribution in [0.3, 0.4) is 0 Å². The third-order valence-corrected chi connectivity index (χ3v) is 2.76. The minimum absolute atomic E-state index is 0.148.